The van der Waals surface area contributed by atoms with Crippen LogP contribution in [0.25, 0.3) is 0 Å². The Morgan fingerprint density at radius 1 is 1.33 bits per heavy atom. The largest absolute Gasteiger partial charge is 0.368 e. The van der Waals surface area contributed by atoms with Gasteiger partial charge in [0, 0.05) is 22.8 Å². The van der Waals surface area contributed by atoms with Crippen molar-refractivity contribution in [3.63, 3.8) is 0 Å². The standard InChI is InChI=1S/C19H27N5O2S/c1-12-8-15(22-19-21-13(2)14(3)27-19)9-16(20-12)17-10-24(6-7-26-17)18(25)11-23(4)5/h8-9,17H,6-7,10-11H2,1-5H3,(H,20,21,22)/t17-/m1/s1. The van der Waals surface area contributed by atoms with Crippen molar-refractivity contribution in [2.75, 3.05) is 45.7 Å². The summed E-state index contributed by atoms with van der Waals surface area (Å²) in [7, 11) is 3.80. The van der Waals surface area contributed by atoms with Crippen LogP contribution >= 0.6 is 11.3 Å². The molecule has 27 heavy (non-hydrogen) atoms. The maximum atomic E-state index is 12.4. The molecule has 0 saturated carbocycles. The molecule has 0 unspecified atom stereocenters. The topological polar surface area (TPSA) is 70.6 Å². The molecule has 1 aliphatic rings. The third-order valence-corrected chi connectivity index (χ3v) is 5.44. The van der Waals surface area contributed by atoms with Gasteiger partial charge in [-0.1, -0.05) is 0 Å². The van der Waals surface area contributed by atoms with Gasteiger partial charge in [-0.3, -0.25) is 9.78 Å². The summed E-state index contributed by atoms with van der Waals surface area (Å²) in [5.74, 6) is 0.119. The van der Waals surface area contributed by atoms with Crippen molar-refractivity contribution in [3.05, 3.63) is 34.1 Å². The third kappa shape index (κ3) is 5.03. The lowest BCUT2D eigenvalue weighted by Crippen LogP contribution is -2.45. The summed E-state index contributed by atoms with van der Waals surface area (Å²) in [6.07, 6.45) is -0.218. The Kier molecular flexibility index (Phi) is 6.08. The first-order valence-electron chi connectivity index (χ1n) is 9.05. The van der Waals surface area contributed by atoms with Gasteiger partial charge in [0.05, 0.1) is 31.1 Å². The number of ether oxygens (including phenoxy) is 1. The summed E-state index contributed by atoms with van der Waals surface area (Å²) in [5, 5.41) is 4.24. The number of amides is 1. The average Bonchev–Trinajstić information content (AvgIpc) is 2.91. The van der Waals surface area contributed by atoms with Crippen LogP contribution < -0.4 is 5.32 Å². The molecule has 0 radical (unpaired) electrons. The van der Waals surface area contributed by atoms with Crippen molar-refractivity contribution >= 4 is 28.1 Å². The fourth-order valence-electron chi connectivity index (χ4n) is 3.01. The van der Waals surface area contributed by atoms with Gasteiger partial charge in [0.15, 0.2) is 5.13 Å². The molecule has 3 heterocycles. The number of pyridine rings is 1. The van der Waals surface area contributed by atoms with Crippen LogP contribution in [0.1, 0.15) is 28.1 Å². The van der Waals surface area contributed by atoms with Crippen molar-refractivity contribution in [1.82, 2.24) is 19.8 Å². The van der Waals surface area contributed by atoms with Gasteiger partial charge in [0.2, 0.25) is 5.91 Å². The monoisotopic (exact) mass is 389 g/mol. The van der Waals surface area contributed by atoms with E-state index in [1.807, 2.05) is 49.9 Å². The van der Waals surface area contributed by atoms with E-state index in [4.69, 9.17) is 4.74 Å². The molecule has 0 spiro atoms. The van der Waals surface area contributed by atoms with E-state index in [0.717, 1.165) is 27.9 Å². The Bertz CT molecular complexity index is 801. The molecule has 0 aromatic carbocycles. The molecule has 146 valence electrons. The highest BCUT2D eigenvalue weighted by molar-refractivity contribution is 7.15. The molecule has 7 nitrogen and oxygen atoms in total. The smallest absolute Gasteiger partial charge is 0.236 e. The van der Waals surface area contributed by atoms with Crippen LogP contribution in [-0.4, -0.2) is 66.0 Å². The number of anilines is 2. The number of rotatable bonds is 5. The molecule has 1 amide bonds. The van der Waals surface area contributed by atoms with E-state index in [9.17, 15) is 4.79 Å². The molecular weight excluding hydrogens is 362 g/mol. The van der Waals surface area contributed by atoms with Crippen molar-refractivity contribution in [1.29, 1.82) is 0 Å². The van der Waals surface area contributed by atoms with E-state index in [-0.39, 0.29) is 12.0 Å². The van der Waals surface area contributed by atoms with Crippen LogP contribution in [0, 0.1) is 20.8 Å². The van der Waals surface area contributed by atoms with E-state index >= 15 is 0 Å². The van der Waals surface area contributed by atoms with Gasteiger partial charge < -0.3 is 19.9 Å². The second-order valence-corrected chi connectivity index (χ2v) is 8.35. The molecule has 1 N–H and O–H groups in total. The minimum atomic E-state index is -0.218. The normalized spacial score (nSPS) is 17.4. The second kappa shape index (κ2) is 8.33. The first-order chi connectivity index (χ1) is 12.8. The van der Waals surface area contributed by atoms with Gasteiger partial charge in [-0.25, -0.2) is 4.98 Å². The molecule has 1 saturated heterocycles. The Labute approximate surface area is 164 Å². The van der Waals surface area contributed by atoms with Crippen LogP contribution in [0.5, 0.6) is 0 Å². The number of nitrogens with one attached hydrogen (secondary N) is 1. The molecule has 1 fully saturated rings. The fourth-order valence-corrected chi connectivity index (χ4v) is 3.84. The number of hydrogen-bond donors (Lipinski definition) is 1. The zero-order chi connectivity index (χ0) is 19.6. The highest BCUT2D eigenvalue weighted by Gasteiger charge is 2.27. The maximum Gasteiger partial charge on any atom is 0.236 e. The van der Waals surface area contributed by atoms with Gasteiger partial charge in [0.1, 0.15) is 6.10 Å². The first-order valence-corrected chi connectivity index (χ1v) is 9.87. The van der Waals surface area contributed by atoms with Crippen LogP contribution in [0.3, 0.4) is 0 Å². The summed E-state index contributed by atoms with van der Waals surface area (Å²) in [6.45, 7) is 8.11. The zero-order valence-electron chi connectivity index (χ0n) is 16.6. The van der Waals surface area contributed by atoms with Crippen LogP contribution in [-0.2, 0) is 9.53 Å². The quantitative estimate of drug-likeness (QED) is 0.848. The molecule has 2 aromatic rings. The average molecular weight is 390 g/mol. The van der Waals surface area contributed by atoms with Gasteiger partial charge in [0.25, 0.3) is 0 Å². The number of hydrogen-bond acceptors (Lipinski definition) is 7. The summed E-state index contributed by atoms with van der Waals surface area (Å²) < 4.78 is 5.92. The summed E-state index contributed by atoms with van der Waals surface area (Å²) in [4.78, 5) is 26.5. The Hall–Kier alpha value is -2.03. The highest BCUT2D eigenvalue weighted by Crippen LogP contribution is 2.28. The maximum absolute atomic E-state index is 12.4. The lowest BCUT2D eigenvalue weighted by atomic mass is 10.1. The molecule has 1 atom stereocenters. The Morgan fingerprint density at radius 3 is 2.78 bits per heavy atom. The third-order valence-electron chi connectivity index (χ3n) is 4.45. The first kappa shape index (κ1) is 19.7. The molecule has 0 aliphatic carbocycles. The minimum absolute atomic E-state index is 0.119. The zero-order valence-corrected chi connectivity index (χ0v) is 17.4. The number of aryl methyl sites for hydroxylation is 3. The lowest BCUT2D eigenvalue weighted by molar-refractivity contribution is -0.139. The molecule has 1 aliphatic heterocycles. The predicted molar refractivity (Wildman–Crippen MR) is 108 cm³/mol. The number of carbonyl (C=O) groups is 1. The molecule has 8 heteroatoms. The van der Waals surface area contributed by atoms with E-state index in [1.54, 1.807) is 11.3 Å². The summed E-state index contributed by atoms with van der Waals surface area (Å²) in [5.41, 5.74) is 3.72. The van der Waals surface area contributed by atoms with Crippen molar-refractivity contribution in [2.24, 2.45) is 0 Å². The fraction of sp³-hybridized carbons (Fsp3) is 0.526. The number of likely N-dealkylation sites (N-methyl/N-ethyl adjacent to an activating group) is 1. The van der Waals surface area contributed by atoms with E-state index in [1.165, 1.54) is 4.88 Å². The number of carbonyl (C=O) groups excluding carboxylic acids is 1. The predicted octanol–water partition coefficient (Wildman–Crippen LogP) is 2.67. The minimum Gasteiger partial charge on any atom is -0.368 e. The second-order valence-electron chi connectivity index (χ2n) is 7.14. The van der Waals surface area contributed by atoms with Gasteiger partial charge in [-0.05, 0) is 47.0 Å². The van der Waals surface area contributed by atoms with E-state index in [0.29, 0.717) is 26.2 Å². The van der Waals surface area contributed by atoms with Crippen molar-refractivity contribution in [2.45, 2.75) is 26.9 Å². The number of thiazole rings is 1. The summed E-state index contributed by atoms with van der Waals surface area (Å²) in [6, 6.07) is 3.98. The molecule has 0 bridgehead atoms. The van der Waals surface area contributed by atoms with Gasteiger partial charge in [-0.2, -0.15) is 0 Å². The van der Waals surface area contributed by atoms with Crippen LogP contribution in [0.15, 0.2) is 12.1 Å². The van der Waals surface area contributed by atoms with E-state index in [2.05, 4.69) is 22.2 Å². The lowest BCUT2D eigenvalue weighted by Gasteiger charge is -2.33. The van der Waals surface area contributed by atoms with Crippen molar-refractivity contribution < 1.29 is 9.53 Å². The SMILES string of the molecule is Cc1cc(Nc2nc(C)c(C)s2)cc([C@H]2CN(C(=O)CN(C)C)CCO2)n1. The number of nitrogens with zero attached hydrogens (tertiary/aromatic N) is 4. The number of morpholine rings is 1. The van der Waals surface area contributed by atoms with Crippen LogP contribution in [0.2, 0.25) is 0 Å². The van der Waals surface area contributed by atoms with Crippen LogP contribution in [0.4, 0.5) is 10.8 Å². The van der Waals surface area contributed by atoms with Gasteiger partial charge >= 0.3 is 0 Å². The van der Waals surface area contributed by atoms with E-state index < -0.39 is 0 Å². The Balaban J connectivity index is 1.75. The molecular formula is C19H27N5O2S. The summed E-state index contributed by atoms with van der Waals surface area (Å²) >= 11 is 1.64. The van der Waals surface area contributed by atoms with Crippen molar-refractivity contribution in [3.8, 4) is 0 Å². The number of aromatic nitrogens is 2. The Morgan fingerprint density at radius 2 is 2.11 bits per heavy atom. The van der Waals surface area contributed by atoms with Gasteiger partial charge in [-0.15, -0.1) is 11.3 Å². The highest BCUT2D eigenvalue weighted by atomic mass is 32.1. The molecule has 2 aromatic heterocycles. The molecule has 3 rings (SSSR count).